The number of nitrogens with zero attached hydrogens (tertiary/aromatic N) is 1. The van der Waals surface area contributed by atoms with E-state index >= 15 is 0 Å². The molecule has 0 atom stereocenters. The number of hydrogen-bond acceptors (Lipinski definition) is 4. The molecule has 0 fully saturated rings. The molecular weight excluding hydrogens is 275 g/mol. The number of anilines is 1. The fourth-order valence-electron chi connectivity index (χ4n) is 1.99. The minimum Gasteiger partial charge on any atom is -0.496 e. The van der Waals surface area contributed by atoms with Crippen molar-refractivity contribution < 1.29 is 14.1 Å². The lowest BCUT2D eigenvalue weighted by Gasteiger charge is -2.10. The number of ether oxygens (including phenoxy) is 1. The van der Waals surface area contributed by atoms with Gasteiger partial charge in [0.25, 0.3) is 5.69 Å². The van der Waals surface area contributed by atoms with Crippen LogP contribution in [-0.2, 0) is 6.54 Å². The zero-order valence-electron chi connectivity index (χ0n) is 11.7. The quantitative estimate of drug-likeness (QED) is 0.674. The molecule has 21 heavy (non-hydrogen) atoms. The van der Waals surface area contributed by atoms with Gasteiger partial charge in [0.1, 0.15) is 17.3 Å². The highest BCUT2D eigenvalue weighted by Gasteiger charge is 2.15. The second kappa shape index (κ2) is 6.21. The summed E-state index contributed by atoms with van der Waals surface area (Å²) >= 11 is 0. The molecule has 0 aromatic heterocycles. The van der Waals surface area contributed by atoms with Gasteiger partial charge >= 0.3 is 0 Å². The van der Waals surface area contributed by atoms with Gasteiger partial charge in [-0.2, -0.15) is 0 Å². The van der Waals surface area contributed by atoms with Gasteiger partial charge in [0, 0.05) is 6.54 Å². The highest BCUT2D eigenvalue weighted by atomic mass is 19.1. The minimum atomic E-state index is -0.470. The number of nitro groups is 1. The summed E-state index contributed by atoms with van der Waals surface area (Å²) in [5, 5.41) is 14.1. The Morgan fingerprint density at radius 3 is 2.67 bits per heavy atom. The molecule has 0 heterocycles. The summed E-state index contributed by atoms with van der Waals surface area (Å²) in [6, 6.07) is 9.06. The number of nitro benzene ring substituents is 1. The van der Waals surface area contributed by atoms with Crippen LogP contribution in [0.2, 0.25) is 0 Å². The summed E-state index contributed by atoms with van der Waals surface area (Å²) in [6.07, 6.45) is 0. The van der Waals surface area contributed by atoms with E-state index in [1.165, 1.54) is 25.3 Å². The molecule has 0 aliphatic rings. The molecule has 0 aliphatic carbocycles. The number of aryl methyl sites for hydroxylation is 1. The van der Waals surface area contributed by atoms with Crippen LogP contribution in [0.15, 0.2) is 36.4 Å². The Hall–Kier alpha value is -2.63. The highest BCUT2D eigenvalue weighted by Crippen LogP contribution is 2.29. The van der Waals surface area contributed by atoms with E-state index in [2.05, 4.69) is 5.32 Å². The van der Waals surface area contributed by atoms with Gasteiger partial charge < -0.3 is 10.1 Å². The molecule has 2 aromatic rings. The van der Waals surface area contributed by atoms with Crippen molar-refractivity contribution in [1.29, 1.82) is 0 Å². The van der Waals surface area contributed by atoms with Gasteiger partial charge in [-0.05, 0) is 42.3 Å². The Morgan fingerprint density at radius 1 is 1.29 bits per heavy atom. The zero-order valence-corrected chi connectivity index (χ0v) is 11.7. The topological polar surface area (TPSA) is 64.4 Å². The maximum Gasteiger partial charge on any atom is 0.296 e. The van der Waals surface area contributed by atoms with Crippen LogP contribution in [0.4, 0.5) is 15.8 Å². The van der Waals surface area contributed by atoms with Crippen LogP contribution in [0.1, 0.15) is 11.1 Å². The summed E-state index contributed by atoms with van der Waals surface area (Å²) in [7, 11) is 1.45. The standard InChI is InChI=1S/C15H15FN2O3/c1-10-7-12(16)4-3-11(10)9-17-14-6-5-13(21-2)8-15(14)18(19)20/h3-8,17H,9H2,1-2H3. The van der Waals surface area contributed by atoms with Crippen LogP contribution >= 0.6 is 0 Å². The summed E-state index contributed by atoms with van der Waals surface area (Å²) in [5.41, 5.74) is 2.00. The summed E-state index contributed by atoms with van der Waals surface area (Å²) in [5.74, 6) is 0.122. The van der Waals surface area contributed by atoms with Gasteiger partial charge in [-0.1, -0.05) is 6.07 Å². The van der Waals surface area contributed by atoms with Crippen molar-refractivity contribution in [2.24, 2.45) is 0 Å². The smallest absolute Gasteiger partial charge is 0.296 e. The first-order valence-electron chi connectivity index (χ1n) is 6.32. The van der Waals surface area contributed by atoms with Crippen LogP contribution < -0.4 is 10.1 Å². The molecule has 0 bridgehead atoms. The van der Waals surface area contributed by atoms with Crippen LogP contribution in [0.3, 0.4) is 0 Å². The van der Waals surface area contributed by atoms with Crippen LogP contribution in [0.25, 0.3) is 0 Å². The minimum absolute atomic E-state index is 0.0610. The highest BCUT2D eigenvalue weighted by molar-refractivity contribution is 5.64. The van der Waals surface area contributed by atoms with Gasteiger partial charge in [-0.25, -0.2) is 4.39 Å². The van der Waals surface area contributed by atoms with Crippen molar-refractivity contribution in [1.82, 2.24) is 0 Å². The van der Waals surface area contributed by atoms with E-state index in [0.29, 0.717) is 18.0 Å². The number of benzene rings is 2. The number of halogens is 1. The Balaban J connectivity index is 2.21. The molecule has 0 unspecified atom stereocenters. The molecule has 2 rings (SSSR count). The van der Waals surface area contributed by atoms with Gasteiger partial charge in [0.05, 0.1) is 18.1 Å². The molecule has 2 aromatic carbocycles. The van der Waals surface area contributed by atoms with E-state index in [1.807, 2.05) is 0 Å². The molecule has 6 heteroatoms. The van der Waals surface area contributed by atoms with Gasteiger partial charge in [-0.3, -0.25) is 10.1 Å². The first-order chi connectivity index (χ1) is 10.0. The third kappa shape index (κ3) is 3.47. The molecule has 1 N–H and O–H groups in total. The van der Waals surface area contributed by atoms with Crippen LogP contribution in [-0.4, -0.2) is 12.0 Å². The first-order valence-corrected chi connectivity index (χ1v) is 6.32. The second-order valence-electron chi connectivity index (χ2n) is 4.56. The summed E-state index contributed by atoms with van der Waals surface area (Å²) < 4.78 is 18.0. The monoisotopic (exact) mass is 290 g/mol. The molecule has 0 saturated heterocycles. The predicted molar refractivity (Wildman–Crippen MR) is 78.1 cm³/mol. The van der Waals surface area contributed by atoms with E-state index in [4.69, 9.17) is 4.74 Å². The van der Waals surface area contributed by atoms with Gasteiger partial charge in [0.2, 0.25) is 0 Å². The van der Waals surface area contributed by atoms with Gasteiger partial charge in [-0.15, -0.1) is 0 Å². The lowest BCUT2D eigenvalue weighted by Crippen LogP contribution is -2.04. The predicted octanol–water partition coefficient (Wildman–Crippen LogP) is 3.66. The average molecular weight is 290 g/mol. The molecule has 0 saturated carbocycles. The maximum absolute atomic E-state index is 13.0. The molecule has 5 nitrogen and oxygen atoms in total. The number of hydrogen-bond donors (Lipinski definition) is 1. The second-order valence-corrected chi connectivity index (χ2v) is 4.56. The SMILES string of the molecule is COc1ccc(NCc2ccc(F)cc2C)c([N+](=O)[O-])c1. The number of methoxy groups -OCH3 is 1. The van der Waals surface area contributed by atoms with Crippen molar-refractivity contribution in [3.8, 4) is 5.75 Å². The Bertz CT molecular complexity index is 674. The summed E-state index contributed by atoms with van der Waals surface area (Å²) in [4.78, 5) is 10.6. The van der Waals surface area contributed by atoms with E-state index in [1.54, 1.807) is 25.1 Å². The number of nitrogens with one attached hydrogen (secondary N) is 1. The number of rotatable bonds is 5. The normalized spacial score (nSPS) is 10.2. The molecule has 0 aliphatic heterocycles. The third-order valence-corrected chi connectivity index (χ3v) is 3.18. The fourth-order valence-corrected chi connectivity index (χ4v) is 1.99. The van der Waals surface area contributed by atoms with Crippen LogP contribution in [0.5, 0.6) is 5.75 Å². The van der Waals surface area contributed by atoms with Gasteiger partial charge in [0.15, 0.2) is 0 Å². The van der Waals surface area contributed by atoms with Crippen molar-refractivity contribution >= 4 is 11.4 Å². The third-order valence-electron chi connectivity index (χ3n) is 3.18. The first kappa shape index (κ1) is 14.8. The Kier molecular flexibility index (Phi) is 4.37. The van der Waals surface area contributed by atoms with E-state index < -0.39 is 4.92 Å². The Labute approximate surface area is 121 Å². The van der Waals surface area contributed by atoms with Crippen molar-refractivity contribution in [2.45, 2.75) is 13.5 Å². The lowest BCUT2D eigenvalue weighted by atomic mass is 10.1. The van der Waals surface area contributed by atoms with E-state index in [-0.39, 0.29) is 11.5 Å². The van der Waals surface area contributed by atoms with Crippen molar-refractivity contribution in [2.75, 3.05) is 12.4 Å². The van der Waals surface area contributed by atoms with E-state index in [0.717, 1.165) is 11.1 Å². The van der Waals surface area contributed by atoms with Crippen molar-refractivity contribution in [3.05, 3.63) is 63.5 Å². The fraction of sp³-hybridized carbons (Fsp3) is 0.200. The molecular formula is C15H15FN2O3. The largest absolute Gasteiger partial charge is 0.496 e. The van der Waals surface area contributed by atoms with Crippen molar-refractivity contribution in [3.63, 3.8) is 0 Å². The molecule has 110 valence electrons. The Morgan fingerprint density at radius 2 is 2.05 bits per heavy atom. The molecule has 0 spiro atoms. The lowest BCUT2D eigenvalue weighted by molar-refractivity contribution is -0.384. The van der Waals surface area contributed by atoms with Crippen LogP contribution in [0, 0.1) is 22.9 Å². The molecule has 0 radical (unpaired) electrons. The average Bonchev–Trinajstić information content (AvgIpc) is 2.46. The maximum atomic E-state index is 13.0. The van der Waals surface area contributed by atoms with E-state index in [9.17, 15) is 14.5 Å². The summed E-state index contributed by atoms with van der Waals surface area (Å²) in [6.45, 7) is 2.17. The zero-order chi connectivity index (χ0) is 15.4. The molecule has 0 amide bonds.